The summed E-state index contributed by atoms with van der Waals surface area (Å²) in [6, 6.07) is 16.4. The molecule has 0 radical (unpaired) electrons. The number of carbonyl (C=O) groups excluding carboxylic acids is 2. The fraction of sp³-hybridized carbons (Fsp3) is 0.182. The van der Waals surface area contributed by atoms with Crippen LogP contribution < -0.4 is 5.32 Å². The summed E-state index contributed by atoms with van der Waals surface area (Å²) in [6.07, 6.45) is 4.79. The Morgan fingerprint density at radius 3 is 2.54 bits per heavy atom. The molecule has 0 saturated heterocycles. The van der Waals surface area contributed by atoms with Crippen LogP contribution >= 0.6 is 0 Å². The van der Waals surface area contributed by atoms with Crippen LogP contribution in [-0.2, 0) is 19.4 Å². The van der Waals surface area contributed by atoms with E-state index in [-0.39, 0.29) is 18.2 Å². The van der Waals surface area contributed by atoms with Gasteiger partial charge in [0.2, 0.25) is 0 Å². The van der Waals surface area contributed by atoms with Crippen molar-refractivity contribution in [2.75, 3.05) is 0 Å². The number of hydrogen-bond acceptors (Lipinski definition) is 3. The molecule has 1 aliphatic rings. The van der Waals surface area contributed by atoms with E-state index >= 15 is 0 Å². The Labute approximate surface area is 151 Å². The second-order valence-electron chi connectivity index (χ2n) is 6.47. The molecular weight excluding hydrogens is 326 g/mol. The quantitative estimate of drug-likeness (QED) is 0.713. The fourth-order valence-electron chi connectivity index (χ4n) is 3.42. The largest absolute Gasteiger partial charge is 0.467 e. The van der Waals surface area contributed by atoms with E-state index in [1.165, 1.54) is 11.1 Å². The van der Waals surface area contributed by atoms with E-state index in [9.17, 15) is 9.59 Å². The second-order valence-corrected chi connectivity index (χ2v) is 6.47. The summed E-state index contributed by atoms with van der Waals surface area (Å²) in [7, 11) is 0. The smallest absolute Gasteiger partial charge is 0.252 e. The van der Waals surface area contributed by atoms with E-state index in [0.717, 1.165) is 19.3 Å². The molecule has 4 rings (SSSR count). The third-order valence-corrected chi connectivity index (χ3v) is 4.78. The van der Waals surface area contributed by atoms with Crippen LogP contribution in [0.4, 0.5) is 0 Å². The van der Waals surface area contributed by atoms with Gasteiger partial charge in [-0.25, -0.2) is 0 Å². The molecule has 0 bridgehead atoms. The first-order chi connectivity index (χ1) is 12.7. The third kappa shape index (κ3) is 3.18. The van der Waals surface area contributed by atoms with Crippen LogP contribution in [0.5, 0.6) is 0 Å². The molecular formula is C22H19NO3. The van der Waals surface area contributed by atoms with Crippen molar-refractivity contribution in [3.05, 3.63) is 94.4 Å². The van der Waals surface area contributed by atoms with Gasteiger partial charge in [0.05, 0.1) is 18.4 Å². The first-order valence-electron chi connectivity index (χ1n) is 8.78. The number of aryl methyl sites for hydroxylation is 2. The summed E-state index contributed by atoms with van der Waals surface area (Å²) < 4.78 is 5.23. The number of amides is 1. The van der Waals surface area contributed by atoms with Crippen LogP contribution in [0.15, 0.2) is 65.3 Å². The molecule has 2 aromatic carbocycles. The van der Waals surface area contributed by atoms with Gasteiger partial charge >= 0.3 is 0 Å². The highest BCUT2D eigenvalue weighted by atomic mass is 16.3. The van der Waals surface area contributed by atoms with Gasteiger partial charge in [-0.2, -0.15) is 0 Å². The molecule has 4 heteroatoms. The monoisotopic (exact) mass is 345 g/mol. The first kappa shape index (κ1) is 16.3. The minimum absolute atomic E-state index is 0.122. The Morgan fingerprint density at radius 1 is 0.923 bits per heavy atom. The average molecular weight is 345 g/mol. The Balaban J connectivity index is 1.58. The molecule has 1 amide bonds. The molecule has 0 fully saturated rings. The zero-order chi connectivity index (χ0) is 17.9. The van der Waals surface area contributed by atoms with Crippen molar-refractivity contribution in [2.24, 2.45) is 0 Å². The van der Waals surface area contributed by atoms with E-state index in [4.69, 9.17) is 4.42 Å². The van der Waals surface area contributed by atoms with Gasteiger partial charge in [-0.15, -0.1) is 0 Å². The van der Waals surface area contributed by atoms with Gasteiger partial charge in [-0.3, -0.25) is 9.59 Å². The molecule has 3 aromatic rings. The second kappa shape index (κ2) is 7.00. The SMILES string of the molecule is O=C(NCc1ccco1)c1ccccc1C(=O)c1ccc2c(c1)CCC2. The number of furan rings is 1. The normalized spacial score (nSPS) is 12.6. The van der Waals surface area contributed by atoms with E-state index < -0.39 is 0 Å². The standard InChI is InChI=1S/C22H19NO3/c24-21(17-11-10-15-5-3-6-16(15)13-17)19-8-1-2-9-20(19)22(25)23-14-18-7-4-12-26-18/h1-2,4,7-13H,3,5-6,14H2,(H,23,25). The molecule has 0 spiro atoms. The van der Waals surface area contributed by atoms with Crippen LogP contribution in [0.2, 0.25) is 0 Å². The van der Waals surface area contributed by atoms with Crippen LogP contribution in [0.3, 0.4) is 0 Å². The molecule has 0 saturated carbocycles. The molecule has 0 atom stereocenters. The van der Waals surface area contributed by atoms with Crippen molar-refractivity contribution in [3.63, 3.8) is 0 Å². The van der Waals surface area contributed by atoms with Crippen molar-refractivity contribution in [2.45, 2.75) is 25.8 Å². The lowest BCUT2D eigenvalue weighted by molar-refractivity contribution is 0.0937. The number of carbonyl (C=O) groups is 2. The molecule has 1 heterocycles. The van der Waals surface area contributed by atoms with Crippen LogP contribution in [0.25, 0.3) is 0 Å². The summed E-state index contributed by atoms with van der Waals surface area (Å²) in [5.74, 6) is 0.260. The maximum atomic E-state index is 13.0. The maximum absolute atomic E-state index is 13.0. The fourth-order valence-corrected chi connectivity index (χ4v) is 3.42. The van der Waals surface area contributed by atoms with Crippen LogP contribution in [0, 0.1) is 0 Å². The van der Waals surface area contributed by atoms with Gasteiger partial charge in [0.25, 0.3) is 5.91 Å². The molecule has 1 N–H and O–H groups in total. The highest BCUT2D eigenvalue weighted by Crippen LogP contribution is 2.24. The lowest BCUT2D eigenvalue weighted by Gasteiger charge is -2.10. The van der Waals surface area contributed by atoms with Gasteiger partial charge in [-0.1, -0.05) is 30.3 Å². The highest BCUT2D eigenvalue weighted by molar-refractivity contribution is 6.15. The van der Waals surface area contributed by atoms with Gasteiger partial charge in [-0.05, 0) is 54.7 Å². The average Bonchev–Trinajstić information content (AvgIpc) is 3.36. The zero-order valence-corrected chi connectivity index (χ0v) is 14.3. The van der Waals surface area contributed by atoms with Gasteiger partial charge in [0.15, 0.2) is 5.78 Å². The minimum atomic E-state index is -0.286. The third-order valence-electron chi connectivity index (χ3n) is 4.78. The van der Waals surface area contributed by atoms with E-state index in [2.05, 4.69) is 5.32 Å². The Bertz CT molecular complexity index is 957. The zero-order valence-electron chi connectivity index (χ0n) is 14.3. The molecule has 0 aliphatic heterocycles. The van der Waals surface area contributed by atoms with Crippen molar-refractivity contribution >= 4 is 11.7 Å². The van der Waals surface area contributed by atoms with Crippen molar-refractivity contribution < 1.29 is 14.0 Å². The summed E-state index contributed by atoms with van der Waals surface area (Å²) in [6.45, 7) is 0.285. The Kier molecular flexibility index (Phi) is 4.40. The van der Waals surface area contributed by atoms with Gasteiger partial charge in [0.1, 0.15) is 5.76 Å². The van der Waals surface area contributed by atoms with Gasteiger partial charge < -0.3 is 9.73 Å². The van der Waals surface area contributed by atoms with E-state index in [1.807, 2.05) is 18.2 Å². The Morgan fingerprint density at radius 2 is 1.73 bits per heavy atom. The molecule has 1 aliphatic carbocycles. The molecule has 26 heavy (non-hydrogen) atoms. The van der Waals surface area contributed by atoms with Crippen LogP contribution in [0.1, 0.15) is 49.6 Å². The van der Waals surface area contributed by atoms with Crippen molar-refractivity contribution in [1.29, 1.82) is 0 Å². The molecule has 0 unspecified atom stereocenters. The number of fused-ring (bicyclic) bond motifs is 1. The van der Waals surface area contributed by atoms with Crippen molar-refractivity contribution in [1.82, 2.24) is 5.32 Å². The summed E-state index contributed by atoms with van der Waals surface area (Å²) in [5, 5.41) is 2.80. The number of benzene rings is 2. The summed E-state index contributed by atoms with van der Waals surface area (Å²) in [4.78, 5) is 25.6. The molecule has 4 nitrogen and oxygen atoms in total. The number of rotatable bonds is 5. The predicted molar refractivity (Wildman–Crippen MR) is 98.2 cm³/mol. The topological polar surface area (TPSA) is 59.3 Å². The maximum Gasteiger partial charge on any atom is 0.252 e. The van der Waals surface area contributed by atoms with Crippen LogP contribution in [-0.4, -0.2) is 11.7 Å². The van der Waals surface area contributed by atoms with Gasteiger partial charge in [0, 0.05) is 11.1 Å². The number of ketones is 1. The van der Waals surface area contributed by atoms with E-state index in [1.54, 1.807) is 42.7 Å². The molecule has 130 valence electrons. The minimum Gasteiger partial charge on any atom is -0.467 e. The summed E-state index contributed by atoms with van der Waals surface area (Å²) >= 11 is 0. The Hall–Kier alpha value is -3.14. The summed E-state index contributed by atoms with van der Waals surface area (Å²) in [5.41, 5.74) is 4.01. The predicted octanol–water partition coefficient (Wildman–Crippen LogP) is 3.93. The number of nitrogens with one attached hydrogen (secondary N) is 1. The highest BCUT2D eigenvalue weighted by Gasteiger charge is 2.20. The molecule has 1 aromatic heterocycles. The van der Waals surface area contributed by atoms with E-state index in [0.29, 0.717) is 22.5 Å². The lowest BCUT2D eigenvalue weighted by Crippen LogP contribution is -2.24. The lowest BCUT2D eigenvalue weighted by atomic mass is 9.95. The number of hydrogen-bond donors (Lipinski definition) is 1. The first-order valence-corrected chi connectivity index (χ1v) is 8.78. The van der Waals surface area contributed by atoms with Crippen molar-refractivity contribution in [3.8, 4) is 0 Å².